The lowest BCUT2D eigenvalue weighted by atomic mass is 10.2. The van der Waals surface area contributed by atoms with Crippen molar-refractivity contribution in [1.29, 1.82) is 0 Å². The molecule has 2 aromatic carbocycles. The Morgan fingerprint density at radius 3 is 2.75 bits per heavy atom. The summed E-state index contributed by atoms with van der Waals surface area (Å²) in [5.74, 6) is -1.29. The van der Waals surface area contributed by atoms with Crippen LogP contribution >= 0.6 is 23.8 Å². The van der Waals surface area contributed by atoms with Gasteiger partial charge >= 0.3 is 0 Å². The van der Waals surface area contributed by atoms with Crippen molar-refractivity contribution in [2.45, 2.75) is 6.54 Å². The van der Waals surface area contributed by atoms with Gasteiger partial charge in [-0.1, -0.05) is 23.7 Å². The summed E-state index contributed by atoms with van der Waals surface area (Å²) in [6.07, 6.45) is 0. The average molecular weight is 311 g/mol. The Balaban J connectivity index is 2.16. The fourth-order valence-electron chi connectivity index (χ4n) is 2.16. The Morgan fingerprint density at radius 1 is 1.20 bits per heavy atom. The SMILES string of the molecule is Fc1cc(F)c2[nH]c(=S)n(Cc3cccc(Cl)c3)c2c1. The molecule has 102 valence electrons. The van der Waals surface area contributed by atoms with Crippen LogP contribution in [-0.2, 0) is 6.54 Å². The predicted molar refractivity (Wildman–Crippen MR) is 77.6 cm³/mol. The number of nitrogens with one attached hydrogen (secondary N) is 1. The van der Waals surface area contributed by atoms with Crippen LogP contribution in [0.1, 0.15) is 5.56 Å². The fraction of sp³-hybridized carbons (Fsp3) is 0.0714. The van der Waals surface area contributed by atoms with Crippen molar-refractivity contribution >= 4 is 34.9 Å². The van der Waals surface area contributed by atoms with Crippen LogP contribution in [0.3, 0.4) is 0 Å². The topological polar surface area (TPSA) is 20.7 Å². The van der Waals surface area contributed by atoms with E-state index in [1.165, 1.54) is 6.07 Å². The fourth-order valence-corrected chi connectivity index (χ4v) is 2.63. The highest BCUT2D eigenvalue weighted by molar-refractivity contribution is 7.71. The van der Waals surface area contributed by atoms with Crippen molar-refractivity contribution in [1.82, 2.24) is 9.55 Å². The van der Waals surface area contributed by atoms with Gasteiger partial charge in [-0.3, -0.25) is 0 Å². The molecule has 0 unspecified atom stereocenters. The van der Waals surface area contributed by atoms with Gasteiger partial charge in [0.1, 0.15) is 11.3 Å². The molecule has 3 aromatic rings. The Labute approximate surface area is 123 Å². The van der Waals surface area contributed by atoms with Gasteiger partial charge in [0, 0.05) is 11.1 Å². The zero-order chi connectivity index (χ0) is 14.3. The number of fused-ring (bicyclic) bond motifs is 1. The van der Waals surface area contributed by atoms with E-state index in [9.17, 15) is 8.78 Å². The number of benzene rings is 2. The quantitative estimate of drug-likeness (QED) is 0.682. The lowest BCUT2D eigenvalue weighted by molar-refractivity contribution is 0.590. The van der Waals surface area contributed by atoms with Crippen molar-refractivity contribution in [3.63, 3.8) is 0 Å². The van der Waals surface area contributed by atoms with E-state index in [0.29, 0.717) is 21.9 Å². The minimum Gasteiger partial charge on any atom is -0.328 e. The number of hydrogen-bond donors (Lipinski definition) is 1. The Bertz CT molecular complexity index is 854. The third kappa shape index (κ3) is 2.34. The summed E-state index contributed by atoms with van der Waals surface area (Å²) in [7, 11) is 0. The van der Waals surface area contributed by atoms with Gasteiger partial charge in [0.25, 0.3) is 0 Å². The minimum atomic E-state index is -0.657. The molecule has 0 fully saturated rings. The molecule has 6 heteroatoms. The number of rotatable bonds is 2. The van der Waals surface area contributed by atoms with Gasteiger partial charge < -0.3 is 9.55 Å². The zero-order valence-electron chi connectivity index (χ0n) is 10.2. The van der Waals surface area contributed by atoms with E-state index in [2.05, 4.69) is 4.98 Å². The molecule has 1 N–H and O–H groups in total. The molecule has 0 aliphatic rings. The van der Waals surface area contributed by atoms with E-state index in [-0.39, 0.29) is 5.52 Å². The number of imidazole rings is 1. The third-order valence-electron chi connectivity index (χ3n) is 3.03. The normalized spacial score (nSPS) is 11.2. The largest absolute Gasteiger partial charge is 0.328 e. The van der Waals surface area contributed by atoms with Crippen molar-refractivity contribution in [2.24, 2.45) is 0 Å². The van der Waals surface area contributed by atoms with Gasteiger partial charge in [0.05, 0.1) is 12.1 Å². The number of nitrogens with zero attached hydrogens (tertiary/aromatic N) is 1. The van der Waals surface area contributed by atoms with Gasteiger partial charge in [-0.2, -0.15) is 0 Å². The summed E-state index contributed by atoms with van der Waals surface area (Å²) in [5.41, 5.74) is 1.50. The van der Waals surface area contributed by atoms with Crippen LogP contribution in [0.5, 0.6) is 0 Å². The highest BCUT2D eigenvalue weighted by Crippen LogP contribution is 2.21. The van der Waals surface area contributed by atoms with Crippen LogP contribution in [0.4, 0.5) is 8.78 Å². The van der Waals surface area contributed by atoms with Crippen molar-refractivity contribution in [3.05, 3.63) is 63.4 Å². The maximum atomic E-state index is 13.7. The van der Waals surface area contributed by atoms with Crippen LogP contribution in [0.25, 0.3) is 11.0 Å². The number of H-pyrrole nitrogens is 1. The van der Waals surface area contributed by atoms with E-state index >= 15 is 0 Å². The van der Waals surface area contributed by atoms with Crippen LogP contribution < -0.4 is 0 Å². The maximum Gasteiger partial charge on any atom is 0.178 e. The first-order valence-electron chi connectivity index (χ1n) is 5.86. The van der Waals surface area contributed by atoms with Crippen LogP contribution in [0.2, 0.25) is 5.02 Å². The first kappa shape index (κ1) is 13.3. The predicted octanol–water partition coefficient (Wildman–Crippen LogP) is 4.68. The van der Waals surface area contributed by atoms with Crippen molar-refractivity contribution in [2.75, 3.05) is 0 Å². The molecule has 0 saturated heterocycles. The number of hydrogen-bond acceptors (Lipinski definition) is 1. The van der Waals surface area contributed by atoms with Crippen LogP contribution in [-0.4, -0.2) is 9.55 Å². The lowest BCUT2D eigenvalue weighted by Crippen LogP contribution is -2.00. The van der Waals surface area contributed by atoms with Gasteiger partial charge in [0.2, 0.25) is 0 Å². The molecule has 0 radical (unpaired) electrons. The lowest BCUT2D eigenvalue weighted by Gasteiger charge is -2.05. The van der Waals surface area contributed by atoms with E-state index in [1.807, 2.05) is 12.1 Å². The van der Waals surface area contributed by atoms with E-state index in [1.54, 1.807) is 16.7 Å². The smallest absolute Gasteiger partial charge is 0.178 e. The Kier molecular flexibility index (Phi) is 3.31. The van der Waals surface area contributed by atoms with Gasteiger partial charge in [0.15, 0.2) is 10.6 Å². The second kappa shape index (κ2) is 5.00. The second-order valence-corrected chi connectivity index (χ2v) is 5.25. The summed E-state index contributed by atoms with van der Waals surface area (Å²) in [6, 6.07) is 9.34. The minimum absolute atomic E-state index is 0.207. The molecule has 0 saturated carbocycles. The van der Waals surface area contributed by atoms with Crippen molar-refractivity contribution in [3.8, 4) is 0 Å². The summed E-state index contributed by atoms with van der Waals surface area (Å²) in [6.45, 7) is 0.391. The number of halogens is 3. The maximum absolute atomic E-state index is 13.7. The summed E-state index contributed by atoms with van der Waals surface area (Å²) < 4.78 is 29.0. The monoisotopic (exact) mass is 310 g/mol. The molecule has 0 aliphatic carbocycles. The molecule has 1 aromatic heterocycles. The highest BCUT2D eigenvalue weighted by atomic mass is 35.5. The molecule has 2 nitrogen and oxygen atoms in total. The zero-order valence-corrected chi connectivity index (χ0v) is 11.7. The molecule has 0 amide bonds. The third-order valence-corrected chi connectivity index (χ3v) is 3.59. The van der Waals surface area contributed by atoms with Crippen molar-refractivity contribution < 1.29 is 8.78 Å². The van der Waals surface area contributed by atoms with E-state index in [0.717, 1.165) is 11.6 Å². The molecular formula is C14H9ClF2N2S. The first-order valence-corrected chi connectivity index (χ1v) is 6.65. The Morgan fingerprint density at radius 2 is 2.00 bits per heavy atom. The van der Waals surface area contributed by atoms with Gasteiger partial charge in [-0.15, -0.1) is 0 Å². The Hall–Kier alpha value is -1.72. The molecular weight excluding hydrogens is 302 g/mol. The van der Waals surface area contributed by atoms with Crippen LogP contribution in [0.15, 0.2) is 36.4 Å². The number of aromatic amines is 1. The van der Waals surface area contributed by atoms with Gasteiger partial charge in [-0.25, -0.2) is 8.78 Å². The molecule has 0 spiro atoms. The molecule has 0 atom stereocenters. The molecule has 0 bridgehead atoms. The van der Waals surface area contributed by atoms with E-state index in [4.69, 9.17) is 23.8 Å². The standard InChI is InChI=1S/C14H9ClF2N2S/c15-9-3-1-2-8(4-9)7-19-12-6-10(16)5-11(17)13(12)18-14(19)20/h1-6H,7H2,(H,18,20). The molecule has 1 heterocycles. The van der Waals surface area contributed by atoms with Crippen LogP contribution in [0, 0.1) is 16.4 Å². The second-order valence-electron chi connectivity index (χ2n) is 4.43. The summed E-state index contributed by atoms with van der Waals surface area (Å²) in [4.78, 5) is 2.76. The first-order chi connectivity index (χ1) is 9.54. The molecule has 3 rings (SSSR count). The number of aromatic nitrogens is 2. The average Bonchev–Trinajstić information content (AvgIpc) is 2.68. The molecule has 0 aliphatic heterocycles. The highest BCUT2D eigenvalue weighted by Gasteiger charge is 2.11. The summed E-state index contributed by atoms with van der Waals surface area (Å²) in [5, 5.41) is 0.603. The molecule has 20 heavy (non-hydrogen) atoms. The van der Waals surface area contributed by atoms with E-state index < -0.39 is 11.6 Å². The summed E-state index contributed by atoms with van der Waals surface area (Å²) >= 11 is 11.1. The van der Waals surface area contributed by atoms with Gasteiger partial charge in [-0.05, 0) is 36.0 Å².